The van der Waals surface area contributed by atoms with Crippen molar-refractivity contribution in [1.29, 1.82) is 0 Å². The van der Waals surface area contributed by atoms with Gasteiger partial charge in [0.25, 0.3) is 0 Å². The van der Waals surface area contributed by atoms with Crippen LogP contribution in [0.15, 0.2) is 47.6 Å². The predicted molar refractivity (Wildman–Crippen MR) is 67.1 cm³/mol. The maximum Gasteiger partial charge on any atom is 0.339 e. The van der Waals surface area contributed by atoms with Gasteiger partial charge in [-0.3, -0.25) is 0 Å². The molecule has 3 rings (SSSR count). The first-order valence-corrected chi connectivity index (χ1v) is 5.73. The number of hydrogen-bond acceptors (Lipinski definition) is 2. The molecule has 2 heteroatoms. The summed E-state index contributed by atoms with van der Waals surface area (Å²) in [5, 5.41) is 0. The molecular formula is C15H12O2. The first-order valence-electron chi connectivity index (χ1n) is 5.73. The first-order chi connectivity index (χ1) is 8.33. The van der Waals surface area contributed by atoms with Gasteiger partial charge in [-0.15, -0.1) is 0 Å². The van der Waals surface area contributed by atoms with Crippen molar-refractivity contribution >= 4 is 17.6 Å². The minimum atomic E-state index is -0.209. The Kier molecular flexibility index (Phi) is 2.22. The summed E-state index contributed by atoms with van der Waals surface area (Å²) in [5.41, 5.74) is 5.07. The summed E-state index contributed by atoms with van der Waals surface area (Å²) in [6, 6.07) is 8.09. The van der Waals surface area contributed by atoms with E-state index < -0.39 is 0 Å². The van der Waals surface area contributed by atoms with Crippen molar-refractivity contribution in [2.45, 2.75) is 6.92 Å². The fourth-order valence-corrected chi connectivity index (χ4v) is 2.18. The van der Waals surface area contributed by atoms with E-state index in [1.54, 1.807) is 0 Å². The largest absolute Gasteiger partial charge is 0.462 e. The van der Waals surface area contributed by atoms with Crippen LogP contribution in [0, 0.1) is 0 Å². The molecule has 2 nitrogen and oxygen atoms in total. The molecule has 0 unspecified atom stereocenters. The fourth-order valence-electron chi connectivity index (χ4n) is 2.18. The third-order valence-corrected chi connectivity index (χ3v) is 2.97. The molecule has 0 aromatic heterocycles. The number of carbonyl (C=O) groups excluding carboxylic acids is 1. The number of rotatable bonds is 2. The van der Waals surface area contributed by atoms with Crippen LogP contribution >= 0.6 is 0 Å². The second-order valence-electron chi connectivity index (χ2n) is 4.00. The summed E-state index contributed by atoms with van der Waals surface area (Å²) < 4.78 is 5.05. The summed E-state index contributed by atoms with van der Waals surface area (Å²) in [4.78, 5) is 11.7. The topological polar surface area (TPSA) is 26.3 Å². The Morgan fingerprint density at radius 3 is 2.94 bits per heavy atom. The van der Waals surface area contributed by atoms with Gasteiger partial charge in [0.15, 0.2) is 0 Å². The van der Waals surface area contributed by atoms with Crippen molar-refractivity contribution in [3.63, 3.8) is 0 Å². The molecule has 0 aliphatic heterocycles. The van der Waals surface area contributed by atoms with Crippen molar-refractivity contribution < 1.29 is 9.53 Å². The maximum atomic E-state index is 11.7. The summed E-state index contributed by atoms with van der Waals surface area (Å²) in [6.07, 6.45) is 6.01. The summed E-state index contributed by atoms with van der Waals surface area (Å²) >= 11 is 0. The van der Waals surface area contributed by atoms with Gasteiger partial charge in [-0.25, -0.2) is 4.79 Å². The number of allylic oxidation sites excluding steroid dienone is 3. The van der Waals surface area contributed by atoms with Crippen LogP contribution in [0.4, 0.5) is 0 Å². The highest BCUT2D eigenvalue weighted by molar-refractivity contribution is 6.22. The molecule has 0 atom stereocenters. The van der Waals surface area contributed by atoms with E-state index >= 15 is 0 Å². The molecule has 0 heterocycles. The number of fused-ring (bicyclic) bond motifs is 3. The van der Waals surface area contributed by atoms with Gasteiger partial charge in [0.05, 0.1) is 12.2 Å². The van der Waals surface area contributed by atoms with Gasteiger partial charge in [0.2, 0.25) is 0 Å². The second-order valence-corrected chi connectivity index (χ2v) is 4.00. The average molecular weight is 224 g/mol. The molecule has 1 aromatic rings. The van der Waals surface area contributed by atoms with Crippen molar-refractivity contribution in [2.24, 2.45) is 0 Å². The number of carbonyl (C=O) groups is 1. The highest BCUT2D eigenvalue weighted by Gasteiger charge is 2.38. The Hall–Kier alpha value is -2.09. The Labute approximate surface area is 99.9 Å². The standard InChI is InChI=1S/C15H12O2/c1-2-17-15(16)14-12-9-5-7-10-6-3-4-8-11(10)13(12)14/h3-9H,2H2,1H3. The third kappa shape index (κ3) is 1.53. The Morgan fingerprint density at radius 2 is 2.12 bits per heavy atom. The predicted octanol–water partition coefficient (Wildman–Crippen LogP) is 2.97. The maximum absolute atomic E-state index is 11.7. The van der Waals surface area contributed by atoms with Gasteiger partial charge in [-0.2, -0.15) is 0 Å². The Balaban J connectivity index is 2.07. The SMILES string of the molecule is CCOC(=O)C1=C2C1=CC=Cc1ccccc12. The van der Waals surface area contributed by atoms with Gasteiger partial charge in [-0.1, -0.05) is 42.5 Å². The lowest BCUT2D eigenvalue weighted by atomic mass is 10.1. The molecular weight excluding hydrogens is 212 g/mol. The molecule has 0 radical (unpaired) electrons. The van der Waals surface area contributed by atoms with Crippen LogP contribution in [-0.2, 0) is 9.53 Å². The van der Waals surface area contributed by atoms with Crippen LogP contribution < -0.4 is 0 Å². The van der Waals surface area contributed by atoms with E-state index in [1.807, 2.05) is 37.3 Å². The molecule has 1 aromatic carbocycles. The van der Waals surface area contributed by atoms with Gasteiger partial charge in [0.1, 0.15) is 0 Å². The minimum absolute atomic E-state index is 0.209. The molecule has 0 spiro atoms. The summed E-state index contributed by atoms with van der Waals surface area (Å²) in [5.74, 6) is -0.209. The van der Waals surface area contributed by atoms with Gasteiger partial charge in [-0.05, 0) is 23.6 Å². The molecule has 17 heavy (non-hydrogen) atoms. The summed E-state index contributed by atoms with van der Waals surface area (Å²) in [7, 11) is 0. The lowest BCUT2D eigenvalue weighted by Gasteiger charge is -1.99. The van der Waals surface area contributed by atoms with E-state index in [0.717, 1.165) is 27.8 Å². The second kappa shape index (κ2) is 3.74. The van der Waals surface area contributed by atoms with E-state index in [0.29, 0.717) is 6.61 Å². The van der Waals surface area contributed by atoms with Crippen LogP contribution in [0.2, 0.25) is 0 Å². The van der Waals surface area contributed by atoms with Crippen LogP contribution in [0.3, 0.4) is 0 Å². The van der Waals surface area contributed by atoms with Crippen molar-refractivity contribution in [3.05, 3.63) is 58.7 Å². The van der Waals surface area contributed by atoms with Crippen molar-refractivity contribution in [2.75, 3.05) is 6.61 Å². The molecule has 2 aliphatic rings. The smallest absolute Gasteiger partial charge is 0.339 e. The van der Waals surface area contributed by atoms with Crippen molar-refractivity contribution in [1.82, 2.24) is 0 Å². The molecule has 0 amide bonds. The van der Waals surface area contributed by atoms with E-state index in [-0.39, 0.29) is 5.97 Å². The highest BCUT2D eigenvalue weighted by atomic mass is 16.5. The zero-order valence-corrected chi connectivity index (χ0v) is 9.57. The lowest BCUT2D eigenvalue weighted by molar-refractivity contribution is -0.137. The van der Waals surface area contributed by atoms with Gasteiger partial charge >= 0.3 is 5.97 Å². The summed E-state index contributed by atoms with van der Waals surface area (Å²) in [6.45, 7) is 2.24. The van der Waals surface area contributed by atoms with E-state index in [2.05, 4.69) is 12.1 Å². The average Bonchev–Trinajstić information content (AvgIpc) is 3.05. The van der Waals surface area contributed by atoms with E-state index in [4.69, 9.17) is 4.74 Å². The molecule has 2 aliphatic carbocycles. The lowest BCUT2D eigenvalue weighted by Crippen LogP contribution is -2.01. The highest BCUT2D eigenvalue weighted by Crippen LogP contribution is 2.49. The Morgan fingerprint density at radius 1 is 1.29 bits per heavy atom. The van der Waals surface area contributed by atoms with E-state index in [9.17, 15) is 4.79 Å². The monoisotopic (exact) mass is 224 g/mol. The quantitative estimate of drug-likeness (QED) is 0.722. The number of benzene rings is 1. The van der Waals surface area contributed by atoms with Gasteiger partial charge in [0, 0.05) is 5.57 Å². The zero-order valence-electron chi connectivity index (χ0n) is 9.57. The van der Waals surface area contributed by atoms with Crippen molar-refractivity contribution in [3.8, 4) is 0 Å². The number of hydrogen-bond donors (Lipinski definition) is 0. The molecule has 0 fully saturated rings. The minimum Gasteiger partial charge on any atom is -0.462 e. The Bertz CT molecular complexity index is 589. The zero-order chi connectivity index (χ0) is 11.8. The van der Waals surface area contributed by atoms with Crippen LogP contribution in [0.25, 0.3) is 11.6 Å². The molecule has 0 saturated carbocycles. The number of ether oxygens (including phenoxy) is 1. The molecule has 0 bridgehead atoms. The van der Waals surface area contributed by atoms with E-state index in [1.165, 1.54) is 0 Å². The molecule has 0 N–H and O–H groups in total. The van der Waals surface area contributed by atoms with Crippen LogP contribution in [0.5, 0.6) is 0 Å². The first kappa shape index (κ1) is 10.1. The number of esters is 1. The fraction of sp³-hybridized carbons (Fsp3) is 0.133. The van der Waals surface area contributed by atoms with Crippen LogP contribution in [-0.4, -0.2) is 12.6 Å². The normalized spacial score (nSPS) is 15.7. The molecule has 0 saturated heterocycles. The van der Waals surface area contributed by atoms with Crippen LogP contribution in [0.1, 0.15) is 18.1 Å². The van der Waals surface area contributed by atoms with Gasteiger partial charge < -0.3 is 4.74 Å². The molecule has 84 valence electrons. The third-order valence-electron chi connectivity index (χ3n) is 2.97.